The summed E-state index contributed by atoms with van der Waals surface area (Å²) in [5.41, 5.74) is 0.739. The van der Waals surface area contributed by atoms with Crippen LogP contribution in [-0.2, 0) is 9.59 Å². The predicted octanol–water partition coefficient (Wildman–Crippen LogP) is 0.660. The number of carbonyl (C=O) groups is 2. The highest BCUT2D eigenvalue weighted by atomic mass is 16.5. The van der Waals surface area contributed by atoms with Gasteiger partial charge in [-0.3, -0.25) is 4.79 Å². The summed E-state index contributed by atoms with van der Waals surface area (Å²) in [5, 5.41) is 19.8. The molecular weight excluding hydrogens is 262 g/mol. The fraction of sp³-hybridized carbons (Fsp3) is 0.286. The van der Waals surface area contributed by atoms with Crippen LogP contribution >= 0.6 is 0 Å². The highest BCUT2D eigenvalue weighted by Crippen LogP contribution is 2.19. The first-order valence-corrected chi connectivity index (χ1v) is 6.13. The van der Waals surface area contributed by atoms with Crippen molar-refractivity contribution in [2.75, 3.05) is 13.2 Å². The Labute approximate surface area is 116 Å². The van der Waals surface area contributed by atoms with Gasteiger partial charge in [-0.05, 0) is 19.1 Å². The number of amides is 1. The fourth-order valence-electron chi connectivity index (χ4n) is 1.41. The molecule has 1 rings (SSSR count). The van der Waals surface area contributed by atoms with Crippen LogP contribution in [0.15, 0.2) is 30.3 Å². The van der Waals surface area contributed by atoms with Crippen LogP contribution in [0, 0.1) is 0 Å². The monoisotopic (exact) mass is 279 g/mol. The van der Waals surface area contributed by atoms with E-state index < -0.39 is 18.0 Å². The molecule has 3 N–H and O–H groups in total. The summed E-state index contributed by atoms with van der Waals surface area (Å²) >= 11 is 0. The molecule has 6 nitrogen and oxygen atoms in total. The second kappa shape index (κ2) is 7.96. The minimum atomic E-state index is -1.61. The molecule has 0 radical (unpaired) electrons. The predicted molar refractivity (Wildman–Crippen MR) is 73.3 cm³/mol. The van der Waals surface area contributed by atoms with Gasteiger partial charge in [-0.2, -0.15) is 0 Å². The molecule has 0 saturated carbocycles. The Morgan fingerprint density at radius 2 is 2.10 bits per heavy atom. The molecule has 0 saturated heterocycles. The van der Waals surface area contributed by atoms with Crippen molar-refractivity contribution >= 4 is 18.0 Å². The molecule has 0 aliphatic carbocycles. The average Bonchev–Trinajstić information content (AvgIpc) is 2.44. The maximum absolute atomic E-state index is 11.5. The second-order valence-electron chi connectivity index (χ2n) is 3.90. The maximum Gasteiger partial charge on any atom is 0.334 e. The van der Waals surface area contributed by atoms with Crippen molar-refractivity contribution in [3.8, 4) is 5.75 Å². The van der Waals surface area contributed by atoms with E-state index in [0.717, 1.165) is 5.56 Å². The summed E-state index contributed by atoms with van der Waals surface area (Å²) in [5.74, 6) is -1.21. The molecule has 0 heterocycles. The van der Waals surface area contributed by atoms with E-state index in [0.29, 0.717) is 12.4 Å². The van der Waals surface area contributed by atoms with Gasteiger partial charge in [0, 0.05) is 11.6 Å². The first-order valence-electron chi connectivity index (χ1n) is 6.13. The SMILES string of the molecule is CCOc1ccccc1C=CC(=O)NCC(O)C(=O)O. The topological polar surface area (TPSA) is 95.9 Å². The largest absolute Gasteiger partial charge is 0.493 e. The summed E-state index contributed by atoms with van der Waals surface area (Å²) < 4.78 is 5.40. The molecule has 0 fully saturated rings. The Bertz CT molecular complexity index is 498. The normalized spacial score (nSPS) is 12.1. The van der Waals surface area contributed by atoms with E-state index in [1.165, 1.54) is 6.08 Å². The first kappa shape index (κ1) is 15.7. The Hall–Kier alpha value is -2.34. The molecule has 0 aliphatic heterocycles. The van der Waals surface area contributed by atoms with Gasteiger partial charge < -0.3 is 20.3 Å². The average molecular weight is 279 g/mol. The molecular formula is C14H17NO5. The van der Waals surface area contributed by atoms with Gasteiger partial charge in [-0.15, -0.1) is 0 Å². The lowest BCUT2D eigenvalue weighted by atomic mass is 10.2. The zero-order valence-corrected chi connectivity index (χ0v) is 11.1. The van der Waals surface area contributed by atoms with Gasteiger partial charge >= 0.3 is 5.97 Å². The number of benzene rings is 1. The number of ether oxygens (including phenoxy) is 1. The molecule has 0 aromatic heterocycles. The number of carbonyl (C=O) groups excluding carboxylic acids is 1. The van der Waals surface area contributed by atoms with Gasteiger partial charge in [-0.25, -0.2) is 4.79 Å². The highest BCUT2D eigenvalue weighted by Gasteiger charge is 2.12. The molecule has 0 aliphatic rings. The minimum absolute atomic E-state index is 0.342. The zero-order valence-electron chi connectivity index (χ0n) is 11.1. The smallest absolute Gasteiger partial charge is 0.334 e. The molecule has 1 atom stereocenters. The lowest BCUT2D eigenvalue weighted by Crippen LogP contribution is -2.35. The van der Waals surface area contributed by atoms with E-state index in [1.54, 1.807) is 18.2 Å². The fourth-order valence-corrected chi connectivity index (χ4v) is 1.41. The number of aliphatic hydroxyl groups is 1. The number of nitrogens with one attached hydrogen (secondary N) is 1. The summed E-state index contributed by atoms with van der Waals surface area (Å²) in [4.78, 5) is 21.8. The minimum Gasteiger partial charge on any atom is -0.493 e. The zero-order chi connectivity index (χ0) is 15.0. The van der Waals surface area contributed by atoms with Gasteiger partial charge in [-0.1, -0.05) is 18.2 Å². The molecule has 20 heavy (non-hydrogen) atoms. The molecule has 6 heteroatoms. The highest BCUT2D eigenvalue weighted by molar-refractivity contribution is 5.92. The molecule has 1 aromatic carbocycles. The quantitative estimate of drug-likeness (QED) is 0.637. The Balaban J connectivity index is 2.59. The van der Waals surface area contributed by atoms with E-state index in [9.17, 15) is 9.59 Å². The third kappa shape index (κ3) is 5.11. The number of hydrogen-bond acceptors (Lipinski definition) is 4. The molecule has 0 spiro atoms. The van der Waals surface area contributed by atoms with E-state index in [-0.39, 0.29) is 6.54 Å². The van der Waals surface area contributed by atoms with Crippen LogP contribution in [0.3, 0.4) is 0 Å². The van der Waals surface area contributed by atoms with Crippen molar-refractivity contribution in [1.29, 1.82) is 0 Å². The number of carboxylic acids is 1. The van der Waals surface area contributed by atoms with Gasteiger partial charge in [0.25, 0.3) is 0 Å². The molecule has 1 unspecified atom stereocenters. The van der Waals surface area contributed by atoms with Crippen molar-refractivity contribution in [2.45, 2.75) is 13.0 Å². The van der Waals surface area contributed by atoms with Gasteiger partial charge in [0.2, 0.25) is 5.91 Å². The number of aliphatic hydroxyl groups excluding tert-OH is 1. The second-order valence-corrected chi connectivity index (χ2v) is 3.90. The molecule has 108 valence electrons. The van der Waals surface area contributed by atoms with Crippen LogP contribution in [0.2, 0.25) is 0 Å². The van der Waals surface area contributed by atoms with Crippen LogP contribution in [0.4, 0.5) is 0 Å². The van der Waals surface area contributed by atoms with E-state index in [1.807, 2.05) is 19.1 Å². The van der Waals surface area contributed by atoms with Crippen molar-refractivity contribution in [3.63, 3.8) is 0 Å². The summed E-state index contributed by atoms with van der Waals surface area (Å²) in [6, 6.07) is 7.22. The number of hydrogen-bond donors (Lipinski definition) is 3. The van der Waals surface area contributed by atoms with Crippen LogP contribution in [0.1, 0.15) is 12.5 Å². The van der Waals surface area contributed by atoms with E-state index >= 15 is 0 Å². The summed E-state index contributed by atoms with van der Waals surface area (Å²) in [6.07, 6.45) is 1.21. The Morgan fingerprint density at radius 1 is 1.40 bits per heavy atom. The van der Waals surface area contributed by atoms with Gasteiger partial charge in [0.15, 0.2) is 6.10 Å². The lowest BCUT2D eigenvalue weighted by molar-refractivity contribution is -0.146. The Morgan fingerprint density at radius 3 is 2.75 bits per heavy atom. The van der Waals surface area contributed by atoms with Gasteiger partial charge in [0.1, 0.15) is 5.75 Å². The van der Waals surface area contributed by atoms with Gasteiger partial charge in [0.05, 0.1) is 13.2 Å². The van der Waals surface area contributed by atoms with Crippen LogP contribution < -0.4 is 10.1 Å². The van der Waals surface area contributed by atoms with Crippen molar-refractivity contribution in [2.24, 2.45) is 0 Å². The maximum atomic E-state index is 11.5. The van der Waals surface area contributed by atoms with Crippen LogP contribution in [0.25, 0.3) is 6.08 Å². The number of para-hydroxylation sites is 1. The number of rotatable bonds is 7. The summed E-state index contributed by atoms with van der Waals surface area (Å²) in [6.45, 7) is 2.04. The molecule has 1 aromatic rings. The summed E-state index contributed by atoms with van der Waals surface area (Å²) in [7, 11) is 0. The number of aliphatic carboxylic acids is 1. The third-order valence-electron chi connectivity index (χ3n) is 2.39. The molecule has 0 bridgehead atoms. The standard InChI is InChI=1S/C14H17NO5/c1-2-20-12-6-4-3-5-10(12)7-8-13(17)15-9-11(16)14(18)19/h3-8,11,16H,2,9H2,1H3,(H,15,17)(H,18,19). The van der Waals surface area contributed by atoms with Crippen molar-refractivity contribution in [3.05, 3.63) is 35.9 Å². The molecule has 1 amide bonds. The third-order valence-corrected chi connectivity index (χ3v) is 2.39. The first-order chi connectivity index (χ1) is 9.54. The number of carboxylic acid groups (broad SMARTS) is 1. The van der Waals surface area contributed by atoms with Crippen molar-refractivity contribution < 1.29 is 24.5 Å². The Kier molecular flexibility index (Phi) is 6.25. The van der Waals surface area contributed by atoms with E-state index in [4.69, 9.17) is 14.9 Å². The van der Waals surface area contributed by atoms with E-state index in [2.05, 4.69) is 5.32 Å². The van der Waals surface area contributed by atoms with Crippen LogP contribution in [-0.4, -0.2) is 41.3 Å². The van der Waals surface area contributed by atoms with Crippen molar-refractivity contribution in [1.82, 2.24) is 5.32 Å². The van der Waals surface area contributed by atoms with Crippen LogP contribution in [0.5, 0.6) is 5.75 Å². The lowest BCUT2D eigenvalue weighted by Gasteiger charge is -2.07.